The Bertz CT molecular complexity index is 666. The Morgan fingerprint density at radius 3 is 2.22 bits per heavy atom. The maximum absolute atomic E-state index is 12.6. The molecule has 7 nitrogen and oxygen atoms in total. The lowest BCUT2D eigenvalue weighted by molar-refractivity contribution is 0.0697. The van der Waals surface area contributed by atoms with Crippen molar-refractivity contribution in [1.82, 2.24) is 9.21 Å². The molecule has 1 saturated heterocycles. The predicted octanol–water partition coefficient (Wildman–Crippen LogP) is 0.811. The van der Waals surface area contributed by atoms with Crippen LogP contribution in [0.4, 0.5) is 0 Å². The number of rotatable bonds is 5. The van der Waals surface area contributed by atoms with Crippen molar-refractivity contribution in [2.75, 3.05) is 46.2 Å². The number of methoxy groups -OCH3 is 2. The van der Waals surface area contributed by atoms with E-state index in [4.69, 9.17) is 9.47 Å². The predicted molar refractivity (Wildman–Crippen MR) is 86.5 cm³/mol. The molecule has 0 N–H and O–H groups in total. The highest BCUT2D eigenvalue weighted by atomic mass is 32.2. The summed E-state index contributed by atoms with van der Waals surface area (Å²) in [5, 5.41) is 0. The van der Waals surface area contributed by atoms with Gasteiger partial charge in [0, 0.05) is 31.7 Å². The van der Waals surface area contributed by atoms with Crippen LogP contribution >= 0.6 is 0 Å². The van der Waals surface area contributed by atoms with E-state index >= 15 is 0 Å². The summed E-state index contributed by atoms with van der Waals surface area (Å²) in [4.78, 5) is 14.2. The molecule has 128 valence electrons. The Morgan fingerprint density at radius 2 is 1.70 bits per heavy atom. The Morgan fingerprint density at radius 1 is 1.09 bits per heavy atom. The van der Waals surface area contributed by atoms with Crippen molar-refractivity contribution < 1.29 is 22.7 Å². The first kappa shape index (κ1) is 17.6. The van der Waals surface area contributed by atoms with Crippen molar-refractivity contribution in [3.63, 3.8) is 0 Å². The second kappa shape index (κ2) is 7.18. The molecule has 1 aliphatic rings. The monoisotopic (exact) mass is 342 g/mol. The van der Waals surface area contributed by atoms with E-state index in [1.165, 1.54) is 18.5 Å². The molecular formula is C15H22N2O5S. The number of ether oxygens (including phenoxy) is 2. The van der Waals surface area contributed by atoms with Crippen LogP contribution in [0.2, 0.25) is 0 Å². The summed E-state index contributed by atoms with van der Waals surface area (Å²) in [6.07, 6.45) is 0. The number of sulfonamides is 1. The minimum atomic E-state index is -3.20. The maximum Gasteiger partial charge on any atom is 0.254 e. The highest BCUT2D eigenvalue weighted by molar-refractivity contribution is 7.89. The van der Waals surface area contributed by atoms with E-state index in [9.17, 15) is 13.2 Å². The van der Waals surface area contributed by atoms with Gasteiger partial charge in [-0.1, -0.05) is 0 Å². The number of amides is 1. The largest absolute Gasteiger partial charge is 0.493 e. The minimum absolute atomic E-state index is 0.0800. The lowest BCUT2D eigenvalue weighted by Gasteiger charge is -2.33. The third-order valence-corrected chi connectivity index (χ3v) is 5.80. The Labute approximate surface area is 136 Å². The van der Waals surface area contributed by atoms with Crippen LogP contribution in [-0.4, -0.2) is 69.7 Å². The van der Waals surface area contributed by atoms with Gasteiger partial charge in [-0.2, -0.15) is 4.31 Å². The van der Waals surface area contributed by atoms with Gasteiger partial charge >= 0.3 is 0 Å². The number of hydrogen-bond acceptors (Lipinski definition) is 5. The standard InChI is InChI=1S/C15H22N2O5S/c1-4-23(19,20)17-9-7-16(8-10-17)15(18)12-5-6-13(21-2)14(11-12)22-3/h5-6,11H,4,7-10H2,1-3H3. The van der Waals surface area contributed by atoms with Gasteiger partial charge in [-0.15, -0.1) is 0 Å². The molecule has 23 heavy (non-hydrogen) atoms. The van der Waals surface area contributed by atoms with Gasteiger partial charge in [-0.05, 0) is 25.1 Å². The van der Waals surface area contributed by atoms with E-state index in [1.54, 1.807) is 30.0 Å². The normalized spacial score (nSPS) is 16.2. The van der Waals surface area contributed by atoms with E-state index in [0.29, 0.717) is 43.2 Å². The van der Waals surface area contributed by atoms with E-state index in [2.05, 4.69) is 0 Å². The van der Waals surface area contributed by atoms with Gasteiger partial charge in [0.1, 0.15) is 0 Å². The number of hydrogen-bond donors (Lipinski definition) is 0. The van der Waals surface area contributed by atoms with Crippen molar-refractivity contribution in [3.05, 3.63) is 23.8 Å². The first-order chi connectivity index (χ1) is 10.9. The highest BCUT2D eigenvalue weighted by Gasteiger charge is 2.28. The van der Waals surface area contributed by atoms with Crippen molar-refractivity contribution in [1.29, 1.82) is 0 Å². The number of nitrogens with zero attached hydrogens (tertiary/aromatic N) is 2. The molecule has 0 bridgehead atoms. The molecule has 1 aliphatic heterocycles. The Balaban J connectivity index is 2.08. The second-order valence-electron chi connectivity index (χ2n) is 5.16. The van der Waals surface area contributed by atoms with Gasteiger partial charge in [-0.3, -0.25) is 4.79 Å². The molecule has 0 saturated carbocycles. The average Bonchev–Trinajstić information content (AvgIpc) is 2.60. The first-order valence-corrected chi connectivity index (χ1v) is 9.03. The van der Waals surface area contributed by atoms with E-state index in [1.807, 2.05) is 0 Å². The van der Waals surface area contributed by atoms with Gasteiger partial charge in [0.15, 0.2) is 11.5 Å². The summed E-state index contributed by atoms with van der Waals surface area (Å²) in [7, 11) is -0.147. The molecule has 1 fully saturated rings. The molecule has 1 amide bonds. The summed E-state index contributed by atoms with van der Waals surface area (Å²) in [5.74, 6) is 0.990. The molecule has 0 aromatic heterocycles. The summed E-state index contributed by atoms with van der Waals surface area (Å²) in [5.41, 5.74) is 0.495. The van der Waals surface area contributed by atoms with Gasteiger partial charge in [0.05, 0.1) is 20.0 Å². The van der Waals surface area contributed by atoms with Crippen LogP contribution in [0.25, 0.3) is 0 Å². The van der Waals surface area contributed by atoms with Gasteiger partial charge in [0.25, 0.3) is 5.91 Å². The summed E-state index contributed by atoms with van der Waals surface area (Å²) in [6, 6.07) is 5.00. The summed E-state index contributed by atoms with van der Waals surface area (Å²) in [6.45, 7) is 3.04. The van der Waals surface area contributed by atoms with Crippen molar-refractivity contribution in [2.45, 2.75) is 6.92 Å². The molecule has 0 spiro atoms. The van der Waals surface area contributed by atoms with Crippen LogP contribution in [0.5, 0.6) is 11.5 Å². The number of carbonyl (C=O) groups is 1. The SMILES string of the molecule is CCS(=O)(=O)N1CCN(C(=O)c2ccc(OC)c(OC)c2)CC1. The number of benzene rings is 1. The van der Waals surface area contributed by atoms with Crippen molar-refractivity contribution in [3.8, 4) is 11.5 Å². The molecule has 0 aliphatic carbocycles. The Kier molecular flexibility index (Phi) is 5.48. The highest BCUT2D eigenvalue weighted by Crippen LogP contribution is 2.28. The second-order valence-corrected chi connectivity index (χ2v) is 7.42. The zero-order chi connectivity index (χ0) is 17.0. The fourth-order valence-corrected chi connectivity index (χ4v) is 3.59. The van der Waals surface area contributed by atoms with E-state index < -0.39 is 10.0 Å². The molecule has 0 radical (unpaired) electrons. The van der Waals surface area contributed by atoms with Gasteiger partial charge in [0.2, 0.25) is 10.0 Å². The molecule has 2 rings (SSSR count). The van der Waals surface area contributed by atoms with Crippen LogP contribution in [-0.2, 0) is 10.0 Å². The molecule has 1 aromatic rings. The van der Waals surface area contributed by atoms with Crippen LogP contribution in [0, 0.1) is 0 Å². The molecule has 1 heterocycles. The number of carbonyl (C=O) groups excluding carboxylic acids is 1. The molecule has 0 atom stereocenters. The van der Waals surface area contributed by atoms with Crippen LogP contribution in [0.3, 0.4) is 0 Å². The average molecular weight is 342 g/mol. The third-order valence-electron chi connectivity index (χ3n) is 3.91. The van der Waals surface area contributed by atoms with Crippen LogP contribution < -0.4 is 9.47 Å². The third kappa shape index (κ3) is 3.76. The zero-order valence-corrected chi connectivity index (χ0v) is 14.4. The quantitative estimate of drug-likeness (QED) is 0.791. The molecular weight excluding hydrogens is 320 g/mol. The minimum Gasteiger partial charge on any atom is -0.493 e. The van der Waals surface area contributed by atoms with Gasteiger partial charge < -0.3 is 14.4 Å². The molecule has 8 heteroatoms. The first-order valence-electron chi connectivity index (χ1n) is 7.42. The summed E-state index contributed by atoms with van der Waals surface area (Å²) >= 11 is 0. The molecule has 0 unspecified atom stereocenters. The lowest BCUT2D eigenvalue weighted by Crippen LogP contribution is -2.50. The van der Waals surface area contributed by atoms with E-state index in [0.717, 1.165) is 0 Å². The fourth-order valence-electron chi connectivity index (χ4n) is 2.50. The molecule has 1 aromatic carbocycles. The van der Waals surface area contributed by atoms with Crippen molar-refractivity contribution in [2.24, 2.45) is 0 Å². The van der Waals surface area contributed by atoms with E-state index in [-0.39, 0.29) is 11.7 Å². The number of piperazine rings is 1. The fraction of sp³-hybridized carbons (Fsp3) is 0.533. The zero-order valence-electron chi connectivity index (χ0n) is 13.6. The van der Waals surface area contributed by atoms with Crippen LogP contribution in [0.15, 0.2) is 18.2 Å². The van der Waals surface area contributed by atoms with Gasteiger partial charge in [-0.25, -0.2) is 8.42 Å². The van der Waals surface area contributed by atoms with Crippen molar-refractivity contribution >= 4 is 15.9 Å². The Hall–Kier alpha value is -1.80. The summed E-state index contributed by atoms with van der Waals surface area (Å²) < 4.78 is 35.5. The van der Waals surface area contributed by atoms with Crippen LogP contribution in [0.1, 0.15) is 17.3 Å². The topological polar surface area (TPSA) is 76.2 Å². The smallest absolute Gasteiger partial charge is 0.254 e. The maximum atomic E-state index is 12.6. The lowest BCUT2D eigenvalue weighted by atomic mass is 10.1.